The van der Waals surface area contributed by atoms with Crippen LogP contribution in [0.2, 0.25) is 0 Å². The lowest BCUT2D eigenvalue weighted by molar-refractivity contribution is -0.116. The van der Waals surface area contributed by atoms with E-state index < -0.39 is 0 Å². The Hall–Kier alpha value is -2.21. The summed E-state index contributed by atoms with van der Waals surface area (Å²) in [5.41, 5.74) is 3.29. The third-order valence-electron chi connectivity index (χ3n) is 3.16. The van der Waals surface area contributed by atoms with Crippen LogP contribution in [0.4, 0.5) is 5.95 Å². The van der Waals surface area contributed by atoms with Crippen LogP contribution in [0.25, 0.3) is 16.2 Å². The minimum absolute atomic E-state index is 0.0485. The first kappa shape index (κ1) is 13.8. The molecule has 1 amide bonds. The number of carbonyl (C=O) groups excluding carboxylic acids is 1. The van der Waals surface area contributed by atoms with Gasteiger partial charge in [-0.3, -0.25) is 10.1 Å². The molecular weight excluding hydrogens is 284 g/mol. The molecule has 0 spiro atoms. The quantitative estimate of drug-likeness (QED) is 0.802. The third-order valence-corrected chi connectivity index (χ3v) is 3.97. The highest BCUT2D eigenvalue weighted by Gasteiger charge is 2.12. The lowest BCUT2D eigenvalue weighted by Gasteiger charge is -2.00. The molecule has 2 heterocycles. The van der Waals surface area contributed by atoms with Gasteiger partial charge in [0, 0.05) is 17.4 Å². The SMILES string of the molecule is CCCC(=O)Nc1nc2scc(-c3ccc(C)cc3)n2n1. The molecule has 0 atom stereocenters. The predicted octanol–water partition coefficient (Wildman–Crippen LogP) is 3.50. The van der Waals surface area contributed by atoms with Gasteiger partial charge in [-0.05, 0) is 13.3 Å². The van der Waals surface area contributed by atoms with Gasteiger partial charge in [0.05, 0.1) is 5.69 Å². The van der Waals surface area contributed by atoms with E-state index in [2.05, 4.69) is 46.6 Å². The van der Waals surface area contributed by atoms with E-state index in [-0.39, 0.29) is 5.91 Å². The first-order chi connectivity index (χ1) is 10.2. The lowest BCUT2D eigenvalue weighted by atomic mass is 10.1. The number of carbonyl (C=O) groups is 1. The molecule has 3 rings (SSSR count). The van der Waals surface area contributed by atoms with Crippen LogP contribution in [0.15, 0.2) is 29.6 Å². The summed E-state index contributed by atoms with van der Waals surface area (Å²) in [4.78, 5) is 16.7. The lowest BCUT2D eigenvalue weighted by Crippen LogP contribution is -2.11. The predicted molar refractivity (Wildman–Crippen MR) is 84.6 cm³/mol. The van der Waals surface area contributed by atoms with Crippen LogP contribution < -0.4 is 5.32 Å². The molecule has 2 aromatic heterocycles. The number of nitrogens with zero attached hydrogens (tertiary/aromatic N) is 3. The Morgan fingerprint density at radius 2 is 2.10 bits per heavy atom. The summed E-state index contributed by atoms with van der Waals surface area (Å²) >= 11 is 1.51. The van der Waals surface area contributed by atoms with E-state index in [1.165, 1.54) is 16.9 Å². The van der Waals surface area contributed by atoms with Crippen molar-refractivity contribution in [3.05, 3.63) is 35.2 Å². The summed E-state index contributed by atoms with van der Waals surface area (Å²) in [6, 6.07) is 8.26. The zero-order chi connectivity index (χ0) is 14.8. The first-order valence-electron chi connectivity index (χ1n) is 6.88. The molecule has 0 unspecified atom stereocenters. The summed E-state index contributed by atoms with van der Waals surface area (Å²) < 4.78 is 1.77. The smallest absolute Gasteiger partial charge is 0.250 e. The van der Waals surface area contributed by atoms with Crippen molar-refractivity contribution < 1.29 is 4.79 Å². The number of fused-ring (bicyclic) bond motifs is 1. The van der Waals surface area contributed by atoms with Gasteiger partial charge >= 0.3 is 0 Å². The number of hydrogen-bond acceptors (Lipinski definition) is 4. The van der Waals surface area contributed by atoms with Crippen molar-refractivity contribution >= 4 is 28.2 Å². The van der Waals surface area contributed by atoms with Gasteiger partial charge in [0.1, 0.15) is 0 Å². The third kappa shape index (κ3) is 2.80. The number of benzene rings is 1. The van der Waals surface area contributed by atoms with E-state index in [1.807, 2.05) is 12.3 Å². The maximum Gasteiger partial charge on any atom is 0.250 e. The molecule has 21 heavy (non-hydrogen) atoms. The molecule has 108 valence electrons. The fraction of sp³-hybridized carbons (Fsp3) is 0.267. The highest BCUT2D eigenvalue weighted by molar-refractivity contribution is 7.15. The molecule has 1 aromatic carbocycles. The summed E-state index contributed by atoms with van der Waals surface area (Å²) in [6.07, 6.45) is 1.29. The molecule has 0 aliphatic rings. The average Bonchev–Trinajstić information content (AvgIpc) is 3.00. The van der Waals surface area contributed by atoms with Crippen LogP contribution in [0.5, 0.6) is 0 Å². The Balaban J connectivity index is 1.93. The van der Waals surface area contributed by atoms with Gasteiger partial charge < -0.3 is 0 Å². The molecule has 6 heteroatoms. The van der Waals surface area contributed by atoms with Crippen molar-refractivity contribution in [3.63, 3.8) is 0 Å². The molecular formula is C15H16N4OS. The Labute approximate surface area is 126 Å². The molecule has 5 nitrogen and oxygen atoms in total. The highest BCUT2D eigenvalue weighted by Crippen LogP contribution is 2.26. The summed E-state index contributed by atoms with van der Waals surface area (Å²) in [7, 11) is 0. The molecule has 0 aliphatic carbocycles. The van der Waals surface area contributed by atoms with Gasteiger partial charge in [-0.15, -0.1) is 16.4 Å². The Morgan fingerprint density at radius 3 is 2.81 bits per heavy atom. The van der Waals surface area contributed by atoms with Crippen LogP contribution in [-0.4, -0.2) is 20.5 Å². The number of anilines is 1. The zero-order valence-electron chi connectivity index (χ0n) is 12.0. The molecule has 0 aliphatic heterocycles. The van der Waals surface area contributed by atoms with Gasteiger partial charge in [0.2, 0.25) is 16.8 Å². The topological polar surface area (TPSA) is 59.3 Å². The largest absolute Gasteiger partial charge is 0.293 e. The monoisotopic (exact) mass is 300 g/mol. The van der Waals surface area contributed by atoms with Crippen molar-refractivity contribution in [1.29, 1.82) is 0 Å². The van der Waals surface area contributed by atoms with E-state index in [9.17, 15) is 4.79 Å². The number of aryl methyl sites for hydroxylation is 1. The number of rotatable bonds is 4. The van der Waals surface area contributed by atoms with Crippen molar-refractivity contribution in [2.45, 2.75) is 26.7 Å². The molecule has 1 N–H and O–H groups in total. The van der Waals surface area contributed by atoms with E-state index in [1.54, 1.807) is 4.52 Å². The normalized spacial score (nSPS) is 11.0. The van der Waals surface area contributed by atoms with Crippen LogP contribution in [0, 0.1) is 6.92 Å². The minimum Gasteiger partial charge on any atom is -0.293 e. The Morgan fingerprint density at radius 1 is 1.33 bits per heavy atom. The minimum atomic E-state index is -0.0485. The molecule has 0 fully saturated rings. The maximum atomic E-state index is 11.6. The average molecular weight is 300 g/mol. The first-order valence-corrected chi connectivity index (χ1v) is 7.76. The summed E-state index contributed by atoms with van der Waals surface area (Å²) in [5, 5.41) is 9.13. The Kier molecular flexibility index (Phi) is 3.70. The van der Waals surface area contributed by atoms with Crippen molar-refractivity contribution in [2.75, 3.05) is 5.32 Å². The van der Waals surface area contributed by atoms with Crippen LogP contribution in [0.3, 0.4) is 0 Å². The van der Waals surface area contributed by atoms with Gasteiger partial charge in [0.15, 0.2) is 0 Å². The fourth-order valence-electron chi connectivity index (χ4n) is 2.07. The van der Waals surface area contributed by atoms with Crippen LogP contribution in [-0.2, 0) is 4.79 Å². The van der Waals surface area contributed by atoms with Crippen LogP contribution in [0.1, 0.15) is 25.3 Å². The van der Waals surface area contributed by atoms with Crippen molar-refractivity contribution in [3.8, 4) is 11.3 Å². The van der Waals surface area contributed by atoms with Crippen LogP contribution >= 0.6 is 11.3 Å². The fourth-order valence-corrected chi connectivity index (χ4v) is 2.90. The Bertz CT molecular complexity index is 773. The van der Waals surface area contributed by atoms with Gasteiger partial charge in [-0.2, -0.15) is 4.98 Å². The number of hydrogen-bond donors (Lipinski definition) is 1. The van der Waals surface area contributed by atoms with E-state index in [0.717, 1.165) is 22.6 Å². The number of aromatic nitrogens is 3. The van der Waals surface area contributed by atoms with E-state index in [0.29, 0.717) is 12.4 Å². The van der Waals surface area contributed by atoms with Gasteiger partial charge in [-0.25, -0.2) is 4.52 Å². The highest BCUT2D eigenvalue weighted by atomic mass is 32.1. The maximum absolute atomic E-state index is 11.6. The standard InChI is InChI=1S/C15H16N4OS/c1-3-4-13(20)16-14-17-15-19(18-14)12(9-21-15)11-7-5-10(2)6-8-11/h5-9H,3-4H2,1-2H3,(H,16,18,20). The van der Waals surface area contributed by atoms with E-state index in [4.69, 9.17) is 0 Å². The van der Waals surface area contributed by atoms with Gasteiger partial charge in [0.25, 0.3) is 0 Å². The number of amides is 1. The second-order valence-corrected chi connectivity index (χ2v) is 5.75. The molecule has 0 bridgehead atoms. The van der Waals surface area contributed by atoms with E-state index >= 15 is 0 Å². The number of nitrogens with one attached hydrogen (secondary N) is 1. The molecule has 0 saturated carbocycles. The van der Waals surface area contributed by atoms with Crippen molar-refractivity contribution in [2.24, 2.45) is 0 Å². The number of thiazole rings is 1. The molecule has 0 saturated heterocycles. The second kappa shape index (κ2) is 5.65. The zero-order valence-corrected chi connectivity index (χ0v) is 12.8. The van der Waals surface area contributed by atoms with Gasteiger partial charge in [-0.1, -0.05) is 36.8 Å². The molecule has 3 aromatic rings. The summed E-state index contributed by atoms with van der Waals surface area (Å²) in [6.45, 7) is 4.03. The van der Waals surface area contributed by atoms with Crippen molar-refractivity contribution in [1.82, 2.24) is 14.6 Å². The molecule has 0 radical (unpaired) electrons. The second-order valence-electron chi connectivity index (χ2n) is 4.91. The summed E-state index contributed by atoms with van der Waals surface area (Å²) in [5.74, 6) is 0.321.